The number of fused-ring (bicyclic) bond motifs is 5. The van der Waals surface area contributed by atoms with Crippen LogP contribution in [-0.2, 0) is 23.8 Å². The van der Waals surface area contributed by atoms with Gasteiger partial charge in [-0.2, -0.15) is 5.26 Å². The van der Waals surface area contributed by atoms with E-state index in [4.69, 9.17) is 19.5 Å². The Morgan fingerprint density at radius 2 is 1.80 bits per heavy atom. The number of halogens is 2. The van der Waals surface area contributed by atoms with Crippen molar-refractivity contribution >= 4 is 17.9 Å². The van der Waals surface area contributed by atoms with Gasteiger partial charge in [0.15, 0.2) is 18.1 Å². The van der Waals surface area contributed by atoms with Crippen LogP contribution in [0.4, 0.5) is 13.6 Å². The first-order valence-electron chi connectivity index (χ1n) is 14.4. The summed E-state index contributed by atoms with van der Waals surface area (Å²) in [5.74, 6) is -4.09. The number of rotatable bonds is 6. The van der Waals surface area contributed by atoms with Gasteiger partial charge in [-0.05, 0) is 61.7 Å². The highest BCUT2D eigenvalue weighted by molar-refractivity contribution is 6.01. The molecule has 1 unspecified atom stereocenters. The van der Waals surface area contributed by atoms with Gasteiger partial charge in [0, 0.05) is 22.7 Å². The number of nitrogens with zero attached hydrogens (tertiary/aromatic N) is 1. The van der Waals surface area contributed by atoms with Gasteiger partial charge in [0.1, 0.15) is 18.3 Å². The molecule has 0 radical (unpaired) electrons. The molecule has 1 N–H and O–H groups in total. The lowest BCUT2D eigenvalue weighted by atomic mass is 9.44. The molecule has 4 rings (SSSR count). The van der Waals surface area contributed by atoms with Gasteiger partial charge in [0.25, 0.3) is 0 Å². The average Bonchev–Trinajstić information content (AvgIpc) is 3.10. The third-order valence-electron chi connectivity index (χ3n) is 10.5. The fourth-order valence-corrected chi connectivity index (χ4v) is 8.73. The highest BCUT2D eigenvalue weighted by Crippen LogP contribution is 2.71. The number of nitriles is 1. The van der Waals surface area contributed by atoms with Crippen molar-refractivity contribution in [2.45, 2.75) is 97.4 Å². The van der Waals surface area contributed by atoms with Crippen molar-refractivity contribution in [1.29, 1.82) is 5.26 Å². The summed E-state index contributed by atoms with van der Waals surface area (Å²) in [7, 11) is 0. The van der Waals surface area contributed by atoms with Crippen LogP contribution in [0.1, 0.15) is 67.7 Å². The molecule has 0 aliphatic heterocycles. The molecular formula is C31H41F2NO7. The van der Waals surface area contributed by atoms with Crippen molar-refractivity contribution in [1.82, 2.24) is 0 Å². The van der Waals surface area contributed by atoms with Gasteiger partial charge in [-0.15, -0.1) is 0 Å². The molecule has 3 fully saturated rings. The van der Waals surface area contributed by atoms with Gasteiger partial charge in [0.05, 0.1) is 6.10 Å². The highest BCUT2D eigenvalue weighted by atomic mass is 19.1. The summed E-state index contributed by atoms with van der Waals surface area (Å²) in [6.07, 6.45) is -1.82. The van der Waals surface area contributed by atoms with E-state index in [2.05, 4.69) is 0 Å². The first kappa shape index (κ1) is 31.1. The van der Waals surface area contributed by atoms with Crippen LogP contribution < -0.4 is 0 Å². The quantitative estimate of drug-likeness (QED) is 0.428. The zero-order chi connectivity index (χ0) is 30.7. The predicted octanol–water partition coefficient (Wildman–Crippen LogP) is 5.19. The Morgan fingerprint density at radius 1 is 1.17 bits per heavy atom. The van der Waals surface area contributed by atoms with Crippen molar-refractivity contribution in [2.24, 2.45) is 40.4 Å². The molecule has 0 heterocycles. The topological polar surface area (TPSA) is 123 Å². The summed E-state index contributed by atoms with van der Waals surface area (Å²) in [6, 6.07) is 1.74. The summed E-state index contributed by atoms with van der Waals surface area (Å²) in [4.78, 5) is 39.2. The van der Waals surface area contributed by atoms with E-state index < -0.39 is 82.7 Å². The second-order valence-corrected chi connectivity index (χ2v) is 13.4. The molecule has 0 spiro atoms. The minimum absolute atomic E-state index is 0.00891. The summed E-state index contributed by atoms with van der Waals surface area (Å²) in [6.45, 7) is 11.7. The zero-order valence-corrected chi connectivity index (χ0v) is 24.8. The third kappa shape index (κ3) is 4.33. The van der Waals surface area contributed by atoms with Crippen LogP contribution >= 0.6 is 0 Å². The number of carbonyl (C=O) groups is 3. The molecule has 8 nitrogen and oxygen atoms in total. The molecule has 0 aromatic rings. The standard InChI is InChI=1S/C31H41F2NO7/c1-16(2)25(17(3)4)40-27(38)41-31(26(37)39-11-10-34)18(5)12-20-21-14-23(32)22-13-19(35)8-9-28(22,6)30(21,33)24(36)15-29(20,31)7/h8-9,13,16-18,20-21,23-25,36H,11-12,14-15H2,1-7H3/t18-,20+,21+,23+,24+,28+,29+,30?,31-/m1/s1. The number of aliphatic hydroxyl groups excluding tert-OH is 1. The van der Waals surface area contributed by atoms with E-state index in [-0.39, 0.29) is 36.7 Å². The number of hydrogen-bond acceptors (Lipinski definition) is 8. The molecule has 0 aromatic carbocycles. The normalized spacial score (nSPS) is 41.3. The van der Waals surface area contributed by atoms with E-state index in [0.29, 0.717) is 0 Å². The van der Waals surface area contributed by atoms with Gasteiger partial charge in [-0.25, -0.2) is 18.4 Å². The molecule has 41 heavy (non-hydrogen) atoms. The molecule has 3 saturated carbocycles. The maximum Gasteiger partial charge on any atom is 0.509 e. The second-order valence-electron chi connectivity index (χ2n) is 13.4. The van der Waals surface area contributed by atoms with Crippen LogP contribution in [0.15, 0.2) is 23.8 Å². The highest BCUT2D eigenvalue weighted by Gasteiger charge is 2.79. The van der Waals surface area contributed by atoms with E-state index in [9.17, 15) is 19.5 Å². The van der Waals surface area contributed by atoms with Crippen molar-refractivity contribution < 1.29 is 42.5 Å². The van der Waals surface area contributed by atoms with Crippen molar-refractivity contribution in [3.8, 4) is 6.07 Å². The van der Waals surface area contributed by atoms with Crippen LogP contribution in [0.5, 0.6) is 0 Å². The lowest BCUT2D eigenvalue weighted by Gasteiger charge is -2.62. The number of aliphatic hydroxyl groups is 1. The fraction of sp³-hybridized carbons (Fsp3) is 0.742. The smallest absolute Gasteiger partial charge is 0.447 e. The van der Waals surface area contributed by atoms with Gasteiger partial charge < -0.3 is 19.3 Å². The first-order chi connectivity index (χ1) is 19.0. The van der Waals surface area contributed by atoms with E-state index in [0.717, 1.165) is 6.08 Å². The maximum atomic E-state index is 17.5. The van der Waals surface area contributed by atoms with Crippen molar-refractivity contribution in [2.75, 3.05) is 6.61 Å². The van der Waals surface area contributed by atoms with Crippen LogP contribution in [0.25, 0.3) is 0 Å². The average molecular weight is 578 g/mol. The number of carbonyl (C=O) groups excluding carboxylic acids is 3. The second kappa shape index (κ2) is 10.5. The molecule has 0 amide bonds. The Balaban J connectivity index is 1.81. The minimum atomic E-state index is -2.37. The Labute approximate surface area is 240 Å². The Bertz CT molecular complexity index is 1200. The predicted molar refractivity (Wildman–Crippen MR) is 144 cm³/mol. The molecular weight excluding hydrogens is 536 g/mol. The van der Waals surface area contributed by atoms with Crippen molar-refractivity contribution in [3.05, 3.63) is 23.8 Å². The lowest BCUT2D eigenvalue weighted by Crippen LogP contribution is -2.71. The zero-order valence-electron chi connectivity index (χ0n) is 24.8. The van der Waals surface area contributed by atoms with Gasteiger partial charge in [0.2, 0.25) is 5.60 Å². The van der Waals surface area contributed by atoms with E-state index >= 15 is 8.78 Å². The Kier molecular flexibility index (Phi) is 7.96. The minimum Gasteiger partial charge on any atom is -0.447 e. The summed E-state index contributed by atoms with van der Waals surface area (Å²) in [5.41, 5.74) is -7.40. The third-order valence-corrected chi connectivity index (χ3v) is 10.5. The summed E-state index contributed by atoms with van der Waals surface area (Å²) >= 11 is 0. The SMILES string of the molecule is CC(C)C(OC(=O)O[C@@]1(C(=O)OCC#N)[C@H](C)C[C@H]2[C@@H]3C[C@H](F)C4=CC(=O)C=C[C@]4(C)C3(F)[C@@H](O)C[C@@]21C)C(C)C. The Morgan fingerprint density at radius 3 is 2.39 bits per heavy atom. The molecule has 0 aromatic heterocycles. The molecule has 10 heteroatoms. The molecule has 226 valence electrons. The molecule has 0 saturated heterocycles. The van der Waals surface area contributed by atoms with E-state index in [1.165, 1.54) is 19.1 Å². The fourth-order valence-electron chi connectivity index (χ4n) is 8.73. The maximum absolute atomic E-state index is 17.5. The molecule has 4 aliphatic carbocycles. The van der Waals surface area contributed by atoms with Crippen LogP contribution in [0.3, 0.4) is 0 Å². The van der Waals surface area contributed by atoms with Gasteiger partial charge >= 0.3 is 12.1 Å². The lowest BCUT2D eigenvalue weighted by molar-refractivity contribution is -0.234. The first-order valence-corrected chi connectivity index (χ1v) is 14.4. The van der Waals surface area contributed by atoms with Crippen LogP contribution in [0.2, 0.25) is 0 Å². The summed E-state index contributed by atoms with van der Waals surface area (Å²) < 4.78 is 50.2. The van der Waals surface area contributed by atoms with E-state index in [1.54, 1.807) is 19.9 Å². The van der Waals surface area contributed by atoms with Gasteiger partial charge in [-0.1, -0.05) is 47.6 Å². The van der Waals surface area contributed by atoms with Crippen LogP contribution in [0, 0.1) is 51.8 Å². The monoisotopic (exact) mass is 577 g/mol. The molecule has 9 atom stereocenters. The molecule has 0 bridgehead atoms. The number of ketones is 1. The number of allylic oxidation sites excluding steroid dienone is 4. The number of esters is 1. The van der Waals surface area contributed by atoms with Gasteiger partial charge in [-0.3, -0.25) is 4.79 Å². The van der Waals surface area contributed by atoms with E-state index in [1.807, 2.05) is 27.7 Å². The largest absolute Gasteiger partial charge is 0.509 e. The Hall–Kier alpha value is -2.80. The number of hydrogen-bond donors (Lipinski definition) is 1. The molecule has 4 aliphatic rings. The number of ether oxygens (including phenoxy) is 3. The van der Waals surface area contributed by atoms with Crippen molar-refractivity contribution in [3.63, 3.8) is 0 Å². The van der Waals surface area contributed by atoms with Crippen LogP contribution in [-0.4, -0.2) is 59.3 Å². The number of alkyl halides is 2. The summed E-state index contributed by atoms with van der Waals surface area (Å²) in [5, 5.41) is 20.7.